The van der Waals surface area contributed by atoms with Crippen LogP contribution in [0.2, 0.25) is 0 Å². The Bertz CT molecular complexity index is 1400. The van der Waals surface area contributed by atoms with E-state index < -0.39 is 67.4 Å². The maximum absolute atomic E-state index is 13.4. The second-order valence-electron chi connectivity index (χ2n) is 21.8. The van der Waals surface area contributed by atoms with E-state index in [1.54, 1.807) is 6.08 Å². The van der Waals surface area contributed by atoms with E-state index in [1.807, 2.05) is 6.08 Å². The molecule has 0 aromatic heterocycles. The van der Waals surface area contributed by atoms with Gasteiger partial charge in [-0.3, -0.25) is 9.59 Å². The summed E-state index contributed by atoms with van der Waals surface area (Å²) in [5.41, 5.74) is 0. The first-order valence-electron chi connectivity index (χ1n) is 31.4. The van der Waals surface area contributed by atoms with E-state index >= 15 is 0 Å². The molecular formula is C64H117NO10. The first kappa shape index (κ1) is 70.6. The molecule has 0 aliphatic carbocycles. The molecule has 1 saturated heterocycles. The van der Waals surface area contributed by atoms with Gasteiger partial charge in [-0.2, -0.15) is 0 Å². The van der Waals surface area contributed by atoms with Gasteiger partial charge in [0.1, 0.15) is 24.4 Å². The molecule has 11 nitrogen and oxygen atoms in total. The van der Waals surface area contributed by atoms with Crippen LogP contribution in [0.5, 0.6) is 0 Å². The third-order valence-electron chi connectivity index (χ3n) is 14.7. The van der Waals surface area contributed by atoms with Gasteiger partial charge in [0.25, 0.3) is 0 Å². The molecule has 0 aromatic carbocycles. The number of hydrogen-bond acceptors (Lipinski definition) is 10. The molecule has 0 aromatic rings. The lowest BCUT2D eigenvalue weighted by molar-refractivity contribution is -0.305. The van der Waals surface area contributed by atoms with Crippen molar-refractivity contribution in [2.75, 3.05) is 13.2 Å². The maximum atomic E-state index is 13.4. The lowest BCUT2D eigenvalue weighted by Gasteiger charge is -2.41. The number of carbonyl (C=O) groups excluding carboxylic acids is 2. The van der Waals surface area contributed by atoms with E-state index in [0.29, 0.717) is 12.8 Å². The third kappa shape index (κ3) is 40.5. The van der Waals surface area contributed by atoms with Gasteiger partial charge in [0.05, 0.1) is 25.4 Å². The summed E-state index contributed by atoms with van der Waals surface area (Å²) in [6.07, 6.45) is 52.8. The van der Waals surface area contributed by atoms with E-state index in [-0.39, 0.29) is 19.4 Å². The first-order chi connectivity index (χ1) is 36.7. The summed E-state index contributed by atoms with van der Waals surface area (Å²) in [5, 5.41) is 57.0. The van der Waals surface area contributed by atoms with Crippen LogP contribution in [0.3, 0.4) is 0 Å². The second-order valence-corrected chi connectivity index (χ2v) is 21.8. The van der Waals surface area contributed by atoms with Crippen molar-refractivity contribution in [3.05, 3.63) is 48.6 Å². The van der Waals surface area contributed by atoms with Crippen molar-refractivity contribution in [1.29, 1.82) is 0 Å². The molecule has 438 valence electrons. The fourth-order valence-electron chi connectivity index (χ4n) is 9.70. The van der Waals surface area contributed by atoms with Crippen molar-refractivity contribution in [1.82, 2.24) is 5.32 Å². The van der Waals surface area contributed by atoms with Crippen molar-refractivity contribution < 1.29 is 49.3 Å². The van der Waals surface area contributed by atoms with Gasteiger partial charge < -0.3 is 45.1 Å². The van der Waals surface area contributed by atoms with Crippen molar-refractivity contribution in [2.45, 2.75) is 333 Å². The Kier molecular flexibility index (Phi) is 49.3. The summed E-state index contributed by atoms with van der Waals surface area (Å²) in [6.45, 7) is 5.76. The second kappa shape index (κ2) is 52.3. The predicted molar refractivity (Wildman–Crippen MR) is 310 cm³/mol. The zero-order valence-electron chi connectivity index (χ0n) is 48.4. The molecule has 0 saturated carbocycles. The Morgan fingerprint density at radius 3 is 1.40 bits per heavy atom. The number of carbonyl (C=O) groups is 2. The minimum absolute atomic E-state index is 0.121. The van der Waals surface area contributed by atoms with Crippen LogP contribution in [0.1, 0.15) is 284 Å². The molecule has 6 N–H and O–H groups in total. The average molecular weight is 1060 g/mol. The van der Waals surface area contributed by atoms with E-state index in [2.05, 4.69) is 62.5 Å². The Labute approximate surface area is 459 Å². The maximum Gasteiger partial charge on any atom is 0.306 e. The fourth-order valence-corrected chi connectivity index (χ4v) is 9.70. The molecule has 75 heavy (non-hydrogen) atoms. The average Bonchev–Trinajstić information content (AvgIpc) is 3.41. The molecule has 1 aliphatic rings. The van der Waals surface area contributed by atoms with Gasteiger partial charge >= 0.3 is 5.97 Å². The highest BCUT2D eigenvalue weighted by molar-refractivity contribution is 5.80. The number of rotatable bonds is 53. The molecule has 0 spiro atoms. The molecular weight excluding hydrogens is 943 g/mol. The molecule has 0 bridgehead atoms. The highest BCUT2D eigenvalue weighted by atomic mass is 16.7. The Morgan fingerprint density at radius 1 is 0.520 bits per heavy atom. The number of unbranched alkanes of at least 4 members (excludes halogenated alkanes) is 34. The normalized spacial score (nSPS) is 19.5. The monoisotopic (exact) mass is 1060 g/mol. The van der Waals surface area contributed by atoms with Crippen LogP contribution >= 0.6 is 0 Å². The molecule has 1 heterocycles. The predicted octanol–water partition coefficient (Wildman–Crippen LogP) is 14.8. The van der Waals surface area contributed by atoms with Crippen LogP contribution in [0.4, 0.5) is 0 Å². The molecule has 0 radical (unpaired) electrons. The fraction of sp³-hybridized carbons (Fsp3) is 0.844. The van der Waals surface area contributed by atoms with Gasteiger partial charge in [0, 0.05) is 6.42 Å². The smallest absolute Gasteiger partial charge is 0.306 e. The third-order valence-corrected chi connectivity index (χ3v) is 14.7. The summed E-state index contributed by atoms with van der Waals surface area (Å²) in [5.74, 6) is -1.20. The summed E-state index contributed by atoms with van der Waals surface area (Å²) in [4.78, 5) is 26.5. The SMILES string of the molecule is CCCCC/C=C/C=C/CCCCCCCC(O)C(=O)NC(COC1OC(CO)C(O)C(O)C1OC(=O)CCCCCCCCCCC/C=C/CCCCCCCC)C(O)/C=C/CCCCCCCCCCCCC. The van der Waals surface area contributed by atoms with Crippen LogP contribution in [-0.4, -0.2) is 99.6 Å². The van der Waals surface area contributed by atoms with E-state index in [1.165, 1.54) is 161 Å². The Morgan fingerprint density at radius 2 is 0.920 bits per heavy atom. The Hall–Kier alpha value is -2.38. The van der Waals surface area contributed by atoms with E-state index in [0.717, 1.165) is 77.0 Å². The number of amides is 1. The van der Waals surface area contributed by atoms with Crippen molar-refractivity contribution in [3.8, 4) is 0 Å². The largest absolute Gasteiger partial charge is 0.454 e. The van der Waals surface area contributed by atoms with Gasteiger partial charge in [0.2, 0.25) is 5.91 Å². The quantitative estimate of drug-likeness (QED) is 0.0149. The number of esters is 1. The number of nitrogens with one attached hydrogen (secondary N) is 1. The summed E-state index contributed by atoms with van der Waals surface area (Å²) >= 11 is 0. The zero-order chi connectivity index (χ0) is 54.7. The molecule has 1 fully saturated rings. The molecule has 1 aliphatic heterocycles. The van der Waals surface area contributed by atoms with Gasteiger partial charge in [-0.15, -0.1) is 0 Å². The number of allylic oxidation sites excluding steroid dienone is 7. The molecule has 11 heteroatoms. The Balaban J connectivity index is 2.68. The molecule has 8 atom stereocenters. The lowest BCUT2D eigenvalue weighted by Crippen LogP contribution is -2.61. The highest BCUT2D eigenvalue weighted by Crippen LogP contribution is 2.26. The minimum Gasteiger partial charge on any atom is -0.454 e. The number of aliphatic hydroxyl groups is 5. The van der Waals surface area contributed by atoms with Gasteiger partial charge in [-0.1, -0.05) is 249 Å². The van der Waals surface area contributed by atoms with Crippen molar-refractivity contribution >= 4 is 11.9 Å². The first-order valence-corrected chi connectivity index (χ1v) is 31.4. The van der Waals surface area contributed by atoms with E-state index in [4.69, 9.17) is 14.2 Å². The van der Waals surface area contributed by atoms with Gasteiger partial charge in [-0.25, -0.2) is 0 Å². The molecule has 8 unspecified atom stereocenters. The standard InChI is InChI=1S/C64H117NO10/c1-4-7-10-13-16-19-22-25-27-28-29-30-31-34-37-40-43-46-49-52-59(69)75-62-61(71)60(70)58(53-66)74-64(62)73-54-55(56(67)50-47-44-41-38-35-32-24-21-18-15-12-9-6-3)65-63(72)57(68)51-48-45-42-39-36-33-26-23-20-17-14-11-8-5-2/h17,20,23,25-27,47,50,55-58,60-62,64,66-68,70-71H,4-16,18-19,21-22,24,28-46,48-49,51-54H2,1-3H3,(H,65,72)/b20-17+,26-23+,27-25+,50-47+. The zero-order valence-corrected chi connectivity index (χ0v) is 48.4. The van der Waals surface area contributed by atoms with Crippen molar-refractivity contribution in [2.24, 2.45) is 0 Å². The number of aliphatic hydroxyl groups excluding tert-OH is 5. The van der Waals surface area contributed by atoms with Crippen molar-refractivity contribution in [3.63, 3.8) is 0 Å². The van der Waals surface area contributed by atoms with Crippen LogP contribution in [0.25, 0.3) is 0 Å². The minimum atomic E-state index is -1.62. The summed E-state index contributed by atoms with van der Waals surface area (Å²) in [6, 6.07) is -1.03. The summed E-state index contributed by atoms with van der Waals surface area (Å²) < 4.78 is 17.6. The van der Waals surface area contributed by atoms with Gasteiger partial charge in [-0.05, 0) is 77.0 Å². The van der Waals surface area contributed by atoms with Crippen LogP contribution in [0, 0.1) is 0 Å². The lowest BCUT2D eigenvalue weighted by atomic mass is 9.99. The van der Waals surface area contributed by atoms with E-state index in [9.17, 15) is 35.1 Å². The van der Waals surface area contributed by atoms with Crippen LogP contribution in [0.15, 0.2) is 48.6 Å². The van der Waals surface area contributed by atoms with Gasteiger partial charge in [0.15, 0.2) is 12.4 Å². The molecule has 1 rings (SSSR count). The molecule has 1 amide bonds. The topological polar surface area (TPSA) is 175 Å². The van der Waals surface area contributed by atoms with Crippen LogP contribution in [-0.2, 0) is 23.8 Å². The highest BCUT2D eigenvalue weighted by Gasteiger charge is 2.47. The summed E-state index contributed by atoms with van der Waals surface area (Å²) in [7, 11) is 0. The van der Waals surface area contributed by atoms with Crippen LogP contribution < -0.4 is 5.32 Å². The number of ether oxygens (including phenoxy) is 3. The number of hydrogen-bond donors (Lipinski definition) is 6.